The molecule has 0 saturated carbocycles. The van der Waals surface area contributed by atoms with E-state index in [0.717, 1.165) is 34.4 Å². The molecular weight excluding hydrogens is 298 g/mol. The second-order valence-electron chi connectivity index (χ2n) is 5.38. The maximum Gasteiger partial charge on any atom is 0.202 e. The molecule has 0 bridgehead atoms. The molecule has 1 heterocycles. The van der Waals surface area contributed by atoms with E-state index in [1.54, 1.807) is 0 Å². The Morgan fingerprint density at radius 3 is 2.75 bits per heavy atom. The Kier molecular flexibility index (Phi) is 4.83. The largest absolute Gasteiger partial charge is 0.500 e. The van der Waals surface area contributed by atoms with Gasteiger partial charge in [0.15, 0.2) is 0 Å². The highest BCUT2D eigenvalue weighted by Crippen LogP contribution is 2.21. The van der Waals surface area contributed by atoms with Gasteiger partial charge in [0.1, 0.15) is 12.4 Å². The number of anilines is 1. The van der Waals surface area contributed by atoms with Gasteiger partial charge in [-0.25, -0.2) is 4.85 Å². The second kappa shape index (κ2) is 7.38. The Bertz CT molecular complexity index is 885. The minimum absolute atomic E-state index is 0.254. The quantitative estimate of drug-likeness (QED) is 0.632. The lowest BCUT2D eigenvalue weighted by Crippen LogP contribution is -1.99. The van der Waals surface area contributed by atoms with Gasteiger partial charge < -0.3 is 15.0 Å². The van der Waals surface area contributed by atoms with Crippen molar-refractivity contribution in [2.45, 2.75) is 6.92 Å². The van der Waals surface area contributed by atoms with Gasteiger partial charge in [-0.05, 0) is 48.9 Å². The fourth-order valence-electron chi connectivity index (χ4n) is 2.53. The molecule has 2 N–H and O–H groups in total. The molecule has 0 amide bonds. The van der Waals surface area contributed by atoms with Crippen LogP contribution in [0.2, 0.25) is 0 Å². The first-order valence-corrected chi connectivity index (χ1v) is 7.91. The van der Waals surface area contributed by atoms with E-state index in [0.29, 0.717) is 5.70 Å². The molecule has 3 rings (SSSR count). The van der Waals surface area contributed by atoms with Crippen molar-refractivity contribution in [1.82, 2.24) is 4.98 Å². The molecule has 4 heteroatoms. The Hall–Kier alpha value is -3.19. The van der Waals surface area contributed by atoms with Crippen LogP contribution in [0, 0.1) is 6.57 Å². The van der Waals surface area contributed by atoms with Crippen LogP contribution < -0.4 is 10.1 Å². The number of hydrogen-bond donors (Lipinski definition) is 2. The molecule has 0 atom stereocenters. The van der Waals surface area contributed by atoms with Crippen molar-refractivity contribution in [3.63, 3.8) is 0 Å². The summed E-state index contributed by atoms with van der Waals surface area (Å²) in [6.45, 7) is 10.6. The maximum atomic E-state index is 7.38. The lowest BCUT2D eigenvalue weighted by Gasteiger charge is -2.07. The smallest absolute Gasteiger partial charge is 0.202 e. The van der Waals surface area contributed by atoms with E-state index in [-0.39, 0.29) is 6.61 Å². The van der Waals surface area contributed by atoms with Crippen molar-refractivity contribution in [3.8, 4) is 5.75 Å². The van der Waals surface area contributed by atoms with Gasteiger partial charge in [0, 0.05) is 29.3 Å². The summed E-state index contributed by atoms with van der Waals surface area (Å²) in [5.74, 6) is 0.755. The van der Waals surface area contributed by atoms with Crippen molar-refractivity contribution in [2.75, 3.05) is 18.5 Å². The first-order valence-electron chi connectivity index (χ1n) is 7.91. The molecule has 4 nitrogen and oxygen atoms in total. The topological polar surface area (TPSA) is 41.4 Å². The van der Waals surface area contributed by atoms with E-state index in [9.17, 15) is 0 Å². The van der Waals surface area contributed by atoms with Crippen LogP contribution in [0.3, 0.4) is 0 Å². The molecule has 0 aliphatic rings. The van der Waals surface area contributed by atoms with Gasteiger partial charge in [0.2, 0.25) is 5.70 Å². The van der Waals surface area contributed by atoms with Crippen molar-refractivity contribution in [1.29, 1.82) is 0 Å². The van der Waals surface area contributed by atoms with Crippen LogP contribution in [0.1, 0.15) is 12.5 Å². The van der Waals surface area contributed by atoms with Gasteiger partial charge in [0.25, 0.3) is 0 Å². The standard InChI is InChI=1S/C20H19N3O/c1-3-22-16-8-10-18(11-9-16)24-14-17(21-2)12-15-13-23-20-7-5-4-6-19(15)20/h4-13,22-23H,3,14H2,1H3. The molecule has 24 heavy (non-hydrogen) atoms. The first-order chi connectivity index (χ1) is 11.8. The molecule has 0 saturated heterocycles. The minimum atomic E-state index is 0.254. The van der Waals surface area contributed by atoms with Crippen molar-refractivity contribution in [3.05, 3.63) is 77.4 Å². The number of hydrogen-bond acceptors (Lipinski definition) is 2. The van der Waals surface area contributed by atoms with Gasteiger partial charge in [-0.15, -0.1) is 0 Å². The highest BCUT2D eigenvalue weighted by atomic mass is 16.5. The van der Waals surface area contributed by atoms with Crippen LogP contribution >= 0.6 is 0 Å². The highest BCUT2D eigenvalue weighted by molar-refractivity contribution is 5.89. The number of nitrogens with one attached hydrogen (secondary N) is 2. The zero-order valence-corrected chi connectivity index (χ0v) is 13.5. The third-order valence-corrected chi connectivity index (χ3v) is 3.71. The van der Waals surface area contributed by atoms with Crippen molar-refractivity contribution in [2.24, 2.45) is 0 Å². The fraction of sp³-hybridized carbons (Fsp3) is 0.150. The van der Waals surface area contributed by atoms with Crippen LogP contribution in [0.25, 0.3) is 21.8 Å². The molecule has 2 aromatic carbocycles. The summed E-state index contributed by atoms with van der Waals surface area (Å²) in [5, 5.41) is 4.34. The van der Waals surface area contributed by atoms with E-state index < -0.39 is 0 Å². The molecule has 1 aromatic heterocycles. The van der Waals surface area contributed by atoms with E-state index >= 15 is 0 Å². The third-order valence-electron chi connectivity index (χ3n) is 3.71. The summed E-state index contributed by atoms with van der Waals surface area (Å²) in [4.78, 5) is 6.81. The number of fused-ring (bicyclic) bond motifs is 1. The van der Waals surface area contributed by atoms with Crippen LogP contribution in [-0.2, 0) is 0 Å². The number of rotatable bonds is 6. The monoisotopic (exact) mass is 317 g/mol. The summed E-state index contributed by atoms with van der Waals surface area (Å²) in [7, 11) is 0. The summed E-state index contributed by atoms with van der Waals surface area (Å²) < 4.78 is 5.73. The normalized spacial score (nSPS) is 11.2. The summed E-state index contributed by atoms with van der Waals surface area (Å²) in [6.07, 6.45) is 3.79. The Balaban J connectivity index is 1.71. The first kappa shape index (κ1) is 15.7. The van der Waals surface area contributed by atoms with Crippen LogP contribution in [0.4, 0.5) is 5.69 Å². The summed E-state index contributed by atoms with van der Waals surface area (Å²) >= 11 is 0. The number of benzene rings is 2. The van der Waals surface area contributed by atoms with E-state index in [2.05, 4.69) is 22.1 Å². The second-order valence-corrected chi connectivity index (χ2v) is 5.38. The van der Waals surface area contributed by atoms with Crippen molar-refractivity contribution < 1.29 is 4.74 Å². The highest BCUT2D eigenvalue weighted by Gasteiger charge is 2.04. The molecular formula is C20H19N3O. The van der Waals surface area contributed by atoms with Gasteiger partial charge in [-0.2, -0.15) is 0 Å². The predicted molar refractivity (Wildman–Crippen MR) is 99.0 cm³/mol. The molecule has 0 unspecified atom stereocenters. The molecule has 0 radical (unpaired) electrons. The average molecular weight is 317 g/mol. The van der Waals surface area contributed by atoms with Gasteiger partial charge in [-0.1, -0.05) is 18.2 Å². The molecule has 120 valence electrons. The van der Waals surface area contributed by atoms with Gasteiger partial charge in [0.05, 0.1) is 6.57 Å². The Labute approximate surface area is 141 Å². The zero-order chi connectivity index (χ0) is 16.8. The van der Waals surface area contributed by atoms with E-state index in [1.165, 1.54) is 0 Å². The SMILES string of the molecule is [C-]#[N+]C(=Cc1c[nH]c2ccccc12)COc1ccc(NCC)cc1. The van der Waals surface area contributed by atoms with Crippen LogP contribution in [-0.4, -0.2) is 18.1 Å². The fourth-order valence-corrected chi connectivity index (χ4v) is 2.53. The zero-order valence-electron chi connectivity index (χ0n) is 13.5. The third kappa shape index (κ3) is 3.58. The van der Waals surface area contributed by atoms with E-state index in [4.69, 9.17) is 11.3 Å². The minimum Gasteiger partial charge on any atom is -0.500 e. The number of para-hydroxylation sites is 1. The molecule has 0 aliphatic carbocycles. The Morgan fingerprint density at radius 1 is 1.21 bits per heavy atom. The molecule has 0 aliphatic heterocycles. The number of ether oxygens (including phenoxy) is 1. The number of aromatic amines is 1. The summed E-state index contributed by atoms with van der Waals surface area (Å²) in [5.41, 5.74) is 3.69. The Morgan fingerprint density at radius 2 is 2.00 bits per heavy atom. The van der Waals surface area contributed by atoms with Crippen molar-refractivity contribution >= 4 is 22.7 Å². The van der Waals surface area contributed by atoms with Crippen LogP contribution in [0.15, 0.2) is 60.4 Å². The molecule has 3 aromatic rings. The number of H-pyrrole nitrogens is 1. The average Bonchev–Trinajstić information content (AvgIpc) is 3.03. The number of aromatic nitrogens is 1. The van der Waals surface area contributed by atoms with Crippen LogP contribution in [0.5, 0.6) is 5.75 Å². The lowest BCUT2D eigenvalue weighted by molar-refractivity contribution is 0.356. The number of nitrogens with zero attached hydrogens (tertiary/aromatic N) is 1. The lowest BCUT2D eigenvalue weighted by atomic mass is 10.1. The van der Waals surface area contributed by atoms with Gasteiger partial charge in [-0.3, -0.25) is 0 Å². The van der Waals surface area contributed by atoms with E-state index in [1.807, 2.05) is 60.8 Å². The molecule has 0 fully saturated rings. The maximum absolute atomic E-state index is 7.38. The molecule has 0 spiro atoms. The van der Waals surface area contributed by atoms with Gasteiger partial charge >= 0.3 is 0 Å². The summed E-state index contributed by atoms with van der Waals surface area (Å²) in [6, 6.07) is 15.8. The predicted octanol–water partition coefficient (Wildman–Crippen LogP) is 4.94.